The van der Waals surface area contributed by atoms with Crippen molar-refractivity contribution < 1.29 is 0 Å². The van der Waals surface area contributed by atoms with Crippen molar-refractivity contribution in [1.82, 2.24) is 25.2 Å². The Morgan fingerprint density at radius 2 is 1.86 bits per heavy atom. The molecule has 0 saturated carbocycles. The monoisotopic (exact) mass is 510 g/mol. The molecular weight excluding hydrogens is 483 g/mol. The van der Waals surface area contributed by atoms with E-state index in [4.69, 9.17) is 0 Å². The number of nitrogens with zero attached hydrogens (tertiary/aromatic N) is 4. The lowest BCUT2D eigenvalue weighted by atomic mass is 10.2. The van der Waals surface area contributed by atoms with Crippen LogP contribution < -0.4 is 10.6 Å². The Labute approximate surface area is 187 Å². The highest BCUT2D eigenvalue weighted by Crippen LogP contribution is 2.10. The second-order valence-corrected chi connectivity index (χ2v) is 7.57. The van der Waals surface area contributed by atoms with Crippen LogP contribution >= 0.6 is 35.3 Å². The van der Waals surface area contributed by atoms with E-state index in [1.165, 1.54) is 10.4 Å². The Hall–Kier alpha value is -1.94. The third kappa shape index (κ3) is 6.90. The molecule has 0 saturated heterocycles. The van der Waals surface area contributed by atoms with E-state index in [0.717, 1.165) is 49.3 Å². The molecule has 0 spiro atoms. The van der Waals surface area contributed by atoms with Crippen LogP contribution in [0.2, 0.25) is 0 Å². The molecule has 0 atom stereocenters. The number of thiazole rings is 1. The van der Waals surface area contributed by atoms with E-state index < -0.39 is 0 Å². The molecule has 1 aromatic carbocycles. The molecule has 3 aromatic rings. The van der Waals surface area contributed by atoms with Gasteiger partial charge in [-0.15, -0.1) is 35.3 Å². The van der Waals surface area contributed by atoms with Gasteiger partial charge in [0, 0.05) is 63.0 Å². The van der Waals surface area contributed by atoms with Gasteiger partial charge in [-0.3, -0.25) is 4.99 Å². The quantitative estimate of drug-likeness (QED) is 0.278. The molecule has 0 fully saturated rings. The van der Waals surface area contributed by atoms with Gasteiger partial charge in [-0.05, 0) is 12.5 Å². The summed E-state index contributed by atoms with van der Waals surface area (Å²) >= 11 is 1.74. The summed E-state index contributed by atoms with van der Waals surface area (Å²) in [6, 6.07) is 10.4. The van der Waals surface area contributed by atoms with Crippen LogP contribution in [0.3, 0.4) is 0 Å². The molecule has 0 amide bonds. The number of aromatic nitrogens is 3. The third-order valence-corrected chi connectivity index (χ3v) is 5.14. The lowest BCUT2D eigenvalue weighted by molar-refractivity contribution is 0.693. The Balaban J connectivity index is 0.00000280. The van der Waals surface area contributed by atoms with Gasteiger partial charge < -0.3 is 15.2 Å². The number of imidazole rings is 1. The minimum Gasteiger partial charge on any atom is -0.356 e. The Kier molecular flexibility index (Phi) is 9.42. The molecule has 0 aliphatic heterocycles. The predicted molar refractivity (Wildman–Crippen MR) is 127 cm³/mol. The van der Waals surface area contributed by atoms with Gasteiger partial charge in [-0.25, -0.2) is 9.97 Å². The van der Waals surface area contributed by atoms with Crippen molar-refractivity contribution >= 4 is 41.3 Å². The van der Waals surface area contributed by atoms with E-state index in [9.17, 15) is 0 Å². The maximum Gasteiger partial charge on any atom is 0.191 e. The van der Waals surface area contributed by atoms with Crippen molar-refractivity contribution in [2.24, 2.45) is 4.99 Å². The summed E-state index contributed by atoms with van der Waals surface area (Å²) in [5.41, 5.74) is 1.28. The van der Waals surface area contributed by atoms with E-state index in [2.05, 4.69) is 61.4 Å². The molecular formula is C20H27IN6S. The van der Waals surface area contributed by atoms with Crippen LogP contribution in [0.15, 0.2) is 53.9 Å². The zero-order valence-corrected chi connectivity index (χ0v) is 19.4. The van der Waals surface area contributed by atoms with Crippen LogP contribution in [0.25, 0.3) is 0 Å². The lowest BCUT2D eigenvalue weighted by Crippen LogP contribution is -2.39. The molecule has 0 unspecified atom stereocenters. The first-order valence-corrected chi connectivity index (χ1v) is 9.96. The van der Waals surface area contributed by atoms with Gasteiger partial charge in [0.1, 0.15) is 5.82 Å². The molecule has 2 aromatic heterocycles. The molecule has 8 heteroatoms. The van der Waals surface area contributed by atoms with Gasteiger partial charge >= 0.3 is 0 Å². The molecule has 3 rings (SSSR count). The van der Waals surface area contributed by atoms with E-state index in [0.29, 0.717) is 0 Å². The van der Waals surface area contributed by atoms with Gasteiger partial charge in [0.05, 0.1) is 5.01 Å². The van der Waals surface area contributed by atoms with E-state index in [1.807, 2.05) is 24.7 Å². The molecule has 2 heterocycles. The summed E-state index contributed by atoms with van der Waals surface area (Å²) in [5, 5.41) is 7.85. The summed E-state index contributed by atoms with van der Waals surface area (Å²) in [7, 11) is 1.79. The summed E-state index contributed by atoms with van der Waals surface area (Å²) in [6.45, 7) is 4.52. The SMILES string of the molecule is CN=C(NCCc1ncc(C)s1)NCCc1nccn1Cc1ccccc1.I. The number of benzene rings is 1. The fourth-order valence-electron chi connectivity index (χ4n) is 2.81. The molecule has 6 nitrogen and oxygen atoms in total. The zero-order chi connectivity index (χ0) is 18.9. The average molecular weight is 510 g/mol. The summed E-state index contributed by atoms with van der Waals surface area (Å²) in [4.78, 5) is 14.4. The number of hydrogen-bond donors (Lipinski definition) is 2. The summed E-state index contributed by atoms with van der Waals surface area (Å²) in [5.74, 6) is 1.88. The topological polar surface area (TPSA) is 67.1 Å². The van der Waals surface area contributed by atoms with Crippen LogP contribution in [0, 0.1) is 6.92 Å². The van der Waals surface area contributed by atoms with Crippen LogP contribution in [0.5, 0.6) is 0 Å². The number of halogens is 1. The number of aryl methyl sites for hydroxylation is 1. The minimum atomic E-state index is 0. The Morgan fingerprint density at radius 3 is 2.54 bits per heavy atom. The normalized spacial score (nSPS) is 11.1. The Morgan fingerprint density at radius 1 is 1.11 bits per heavy atom. The molecule has 2 N–H and O–H groups in total. The highest BCUT2D eigenvalue weighted by Gasteiger charge is 2.05. The van der Waals surface area contributed by atoms with Crippen LogP contribution in [-0.4, -0.2) is 40.6 Å². The number of rotatable bonds is 8. The molecule has 0 radical (unpaired) electrons. The largest absolute Gasteiger partial charge is 0.356 e. The zero-order valence-electron chi connectivity index (χ0n) is 16.3. The molecule has 28 heavy (non-hydrogen) atoms. The lowest BCUT2D eigenvalue weighted by Gasteiger charge is -2.12. The van der Waals surface area contributed by atoms with E-state index in [-0.39, 0.29) is 24.0 Å². The minimum absolute atomic E-state index is 0. The molecule has 0 aliphatic rings. The number of nitrogens with one attached hydrogen (secondary N) is 2. The van der Waals surface area contributed by atoms with E-state index >= 15 is 0 Å². The van der Waals surface area contributed by atoms with E-state index in [1.54, 1.807) is 18.4 Å². The maximum atomic E-state index is 4.49. The first-order valence-electron chi connectivity index (χ1n) is 9.14. The highest BCUT2D eigenvalue weighted by molar-refractivity contribution is 14.0. The number of guanidine groups is 1. The summed E-state index contributed by atoms with van der Waals surface area (Å²) < 4.78 is 2.19. The maximum absolute atomic E-state index is 4.49. The van der Waals surface area contributed by atoms with Crippen LogP contribution in [0.4, 0.5) is 0 Å². The predicted octanol–water partition coefficient (Wildman–Crippen LogP) is 3.26. The number of aliphatic imine (C=N–C) groups is 1. The standard InChI is InChI=1S/C20H26N6S.HI/c1-16-14-25-19(27-16)9-11-24-20(21-2)23-10-8-18-22-12-13-26(18)15-17-6-4-3-5-7-17;/h3-7,12-14H,8-11,15H2,1-2H3,(H2,21,23,24);1H. The van der Waals surface area contributed by atoms with Gasteiger partial charge in [0.15, 0.2) is 5.96 Å². The molecule has 150 valence electrons. The van der Waals surface area contributed by atoms with Crippen LogP contribution in [-0.2, 0) is 19.4 Å². The van der Waals surface area contributed by atoms with Crippen LogP contribution in [0.1, 0.15) is 21.3 Å². The fraction of sp³-hybridized carbons (Fsp3) is 0.350. The van der Waals surface area contributed by atoms with Crippen molar-refractivity contribution in [3.05, 3.63) is 70.2 Å². The second kappa shape index (κ2) is 11.8. The van der Waals surface area contributed by atoms with Crippen molar-refractivity contribution in [2.45, 2.75) is 26.3 Å². The smallest absolute Gasteiger partial charge is 0.191 e. The van der Waals surface area contributed by atoms with Gasteiger partial charge in [0.2, 0.25) is 0 Å². The van der Waals surface area contributed by atoms with Gasteiger partial charge in [0.25, 0.3) is 0 Å². The first kappa shape index (κ1) is 22.4. The molecule has 0 bridgehead atoms. The first-order chi connectivity index (χ1) is 13.2. The third-order valence-electron chi connectivity index (χ3n) is 4.16. The Bertz CT molecular complexity index is 858. The number of hydrogen-bond acceptors (Lipinski definition) is 4. The van der Waals surface area contributed by atoms with Gasteiger partial charge in [-0.2, -0.15) is 0 Å². The van der Waals surface area contributed by atoms with Crippen molar-refractivity contribution in [3.63, 3.8) is 0 Å². The van der Waals surface area contributed by atoms with Crippen molar-refractivity contribution in [1.29, 1.82) is 0 Å². The highest BCUT2D eigenvalue weighted by atomic mass is 127. The average Bonchev–Trinajstić information content (AvgIpc) is 3.30. The molecule has 0 aliphatic carbocycles. The van der Waals surface area contributed by atoms with Crippen molar-refractivity contribution in [2.75, 3.05) is 20.1 Å². The summed E-state index contributed by atoms with van der Waals surface area (Å²) in [6.07, 6.45) is 7.56. The second-order valence-electron chi connectivity index (χ2n) is 6.25. The fourth-order valence-corrected chi connectivity index (χ4v) is 3.60. The van der Waals surface area contributed by atoms with Crippen molar-refractivity contribution in [3.8, 4) is 0 Å². The van der Waals surface area contributed by atoms with Gasteiger partial charge in [-0.1, -0.05) is 30.3 Å².